The van der Waals surface area contributed by atoms with Crippen molar-refractivity contribution >= 4 is 17.5 Å². The van der Waals surface area contributed by atoms with Crippen molar-refractivity contribution in [2.45, 2.75) is 38.7 Å². The van der Waals surface area contributed by atoms with Crippen LogP contribution < -0.4 is 0 Å². The molecule has 1 rings (SSSR count). The number of methoxy groups -OCH3 is 1. The maximum Gasteiger partial charge on any atom is 0.305 e. The fourth-order valence-electron chi connectivity index (χ4n) is 1.88. The minimum Gasteiger partial charge on any atom is -0.469 e. The Bertz CT molecular complexity index is 481. The van der Waals surface area contributed by atoms with Gasteiger partial charge in [-0.1, -0.05) is 30.3 Å². The Balaban J connectivity index is 2.07. The van der Waals surface area contributed by atoms with Crippen LogP contribution in [0.15, 0.2) is 30.3 Å². The standard InChI is InChI=1S/C17H22O5/c1-21-17(20)9-5-8-15(18)12-16(19)10-11-22-13-14-6-3-2-4-7-14/h2-4,6-7H,5,8-13H2,1H3. The SMILES string of the molecule is COC(=O)CCCC(=O)CC(=O)CCOCc1ccccc1. The monoisotopic (exact) mass is 306 g/mol. The summed E-state index contributed by atoms with van der Waals surface area (Å²) >= 11 is 0. The van der Waals surface area contributed by atoms with Crippen LogP contribution >= 0.6 is 0 Å². The number of benzene rings is 1. The highest BCUT2D eigenvalue weighted by molar-refractivity contribution is 5.99. The summed E-state index contributed by atoms with van der Waals surface area (Å²) in [5, 5.41) is 0. The lowest BCUT2D eigenvalue weighted by Gasteiger charge is -2.04. The van der Waals surface area contributed by atoms with Crippen LogP contribution in [0.1, 0.15) is 37.7 Å². The molecule has 0 saturated carbocycles. The summed E-state index contributed by atoms with van der Waals surface area (Å²) < 4.78 is 9.89. The quantitative estimate of drug-likeness (QED) is 0.357. The third kappa shape index (κ3) is 8.32. The molecule has 0 aliphatic carbocycles. The van der Waals surface area contributed by atoms with Gasteiger partial charge in [-0.25, -0.2) is 0 Å². The smallest absolute Gasteiger partial charge is 0.305 e. The van der Waals surface area contributed by atoms with Crippen molar-refractivity contribution in [1.82, 2.24) is 0 Å². The van der Waals surface area contributed by atoms with Crippen molar-refractivity contribution in [3.63, 3.8) is 0 Å². The molecule has 0 amide bonds. The van der Waals surface area contributed by atoms with E-state index >= 15 is 0 Å². The number of esters is 1. The van der Waals surface area contributed by atoms with Gasteiger partial charge < -0.3 is 9.47 Å². The van der Waals surface area contributed by atoms with Gasteiger partial charge >= 0.3 is 5.97 Å². The van der Waals surface area contributed by atoms with Gasteiger partial charge in [0, 0.05) is 19.3 Å². The summed E-state index contributed by atoms with van der Waals surface area (Å²) in [4.78, 5) is 34.1. The van der Waals surface area contributed by atoms with E-state index in [0.717, 1.165) is 5.56 Å². The summed E-state index contributed by atoms with van der Waals surface area (Å²) in [6.07, 6.45) is 0.997. The van der Waals surface area contributed by atoms with Crippen LogP contribution in [0.2, 0.25) is 0 Å². The minimum absolute atomic E-state index is 0.0874. The van der Waals surface area contributed by atoms with Crippen molar-refractivity contribution < 1.29 is 23.9 Å². The maximum atomic E-state index is 11.6. The van der Waals surface area contributed by atoms with Crippen LogP contribution in [0.5, 0.6) is 0 Å². The molecule has 22 heavy (non-hydrogen) atoms. The van der Waals surface area contributed by atoms with Gasteiger partial charge in [-0.3, -0.25) is 14.4 Å². The van der Waals surface area contributed by atoms with E-state index in [9.17, 15) is 14.4 Å². The predicted molar refractivity (Wildman–Crippen MR) is 81.2 cm³/mol. The number of ether oxygens (including phenoxy) is 2. The summed E-state index contributed by atoms with van der Waals surface area (Å²) in [5.41, 5.74) is 1.05. The lowest BCUT2D eigenvalue weighted by molar-refractivity contribution is -0.140. The van der Waals surface area contributed by atoms with Crippen LogP contribution in [0.3, 0.4) is 0 Å². The minimum atomic E-state index is -0.339. The number of Topliss-reactive ketones (excluding diaryl/α,β-unsaturated/α-hetero) is 2. The predicted octanol–water partition coefficient (Wildman–Crippen LogP) is 2.46. The van der Waals surface area contributed by atoms with Crippen molar-refractivity contribution in [2.75, 3.05) is 13.7 Å². The van der Waals surface area contributed by atoms with Gasteiger partial charge in [0.2, 0.25) is 0 Å². The first-order valence-corrected chi connectivity index (χ1v) is 7.33. The second kappa shape index (κ2) is 10.7. The summed E-state index contributed by atoms with van der Waals surface area (Å²) in [7, 11) is 1.31. The molecule has 1 aromatic carbocycles. The fraction of sp³-hybridized carbons (Fsp3) is 0.471. The third-order valence-corrected chi connectivity index (χ3v) is 3.10. The molecular formula is C17H22O5. The normalized spacial score (nSPS) is 10.2. The molecular weight excluding hydrogens is 284 g/mol. The van der Waals surface area contributed by atoms with Gasteiger partial charge in [-0.15, -0.1) is 0 Å². The highest BCUT2D eigenvalue weighted by Crippen LogP contribution is 2.04. The first-order valence-electron chi connectivity index (χ1n) is 7.33. The van der Waals surface area contributed by atoms with Crippen LogP contribution in [0.25, 0.3) is 0 Å². The molecule has 0 radical (unpaired) electrons. The average Bonchev–Trinajstić information content (AvgIpc) is 2.52. The molecule has 0 unspecified atom stereocenters. The van der Waals surface area contributed by atoms with E-state index in [0.29, 0.717) is 19.6 Å². The van der Waals surface area contributed by atoms with Crippen molar-refractivity contribution in [2.24, 2.45) is 0 Å². The van der Waals surface area contributed by atoms with Crippen molar-refractivity contribution in [1.29, 1.82) is 0 Å². The van der Waals surface area contributed by atoms with Crippen LogP contribution in [0, 0.1) is 0 Å². The molecule has 120 valence electrons. The lowest BCUT2D eigenvalue weighted by Crippen LogP contribution is -2.11. The summed E-state index contributed by atoms with van der Waals surface area (Å²) in [6, 6.07) is 9.69. The Labute approximate surface area is 130 Å². The van der Waals surface area contributed by atoms with E-state index in [1.165, 1.54) is 7.11 Å². The van der Waals surface area contributed by atoms with Gasteiger partial charge in [-0.2, -0.15) is 0 Å². The van der Waals surface area contributed by atoms with Crippen molar-refractivity contribution in [3.05, 3.63) is 35.9 Å². The van der Waals surface area contributed by atoms with Crippen molar-refractivity contribution in [3.8, 4) is 0 Å². The second-order valence-corrected chi connectivity index (χ2v) is 4.97. The topological polar surface area (TPSA) is 69.7 Å². The Kier molecular flexibility index (Phi) is 8.76. The zero-order valence-corrected chi connectivity index (χ0v) is 12.9. The molecule has 0 aliphatic rings. The Morgan fingerprint density at radius 1 is 0.955 bits per heavy atom. The second-order valence-electron chi connectivity index (χ2n) is 4.97. The molecule has 0 N–H and O–H groups in total. The summed E-state index contributed by atoms with van der Waals surface area (Å²) in [5.74, 6) is -0.610. The zero-order valence-electron chi connectivity index (χ0n) is 12.9. The Morgan fingerprint density at radius 2 is 1.64 bits per heavy atom. The molecule has 0 spiro atoms. The number of hydrogen-bond acceptors (Lipinski definition) is 5. The van der Waals surface area contributed by atoms with E-state index < -0.39 is 0 Å². The van der Waals surface area contributed by atoms with Crippen LogP contribution in [-0.4, -0.2) is 31.3 Å². The lowest BCUT2D eigenvalue weighted by atomic mass is 10.1. The number of ketones is 2. The molecule has 0 fully saturated rings. The largest absolute Gasteiger partial charge is 0.469 e. The molecule has 0 aromatic heterocycles. The number of carbonyl (C=O) groups is 3. The van der Waals surface area contributed by atoms with E-state index in [1.807, 2.05) is 30.3 Å². The molecule has 1 aromatic rings. The highest BCUT2D eigenvalue weighted by Gasteiger charge is 2.10. The van der Waals surface area contributed by atoms with E-state index in [4.69, 9.17) is 4.74 Å². The number of hydrogen-bond donors (Lipinski definition) is 0. The zero-order chi connectivity index (χ0) is 16.2. The van der Waals surface area contributed by atoms with Gasteiger partial charge in [0.25, 0.3) is 0 Å². The van der Waals surface area contributed by atoms with Gasteiger partial charge in [0.1, 0.15) is 11.6 Å². The van der Waals surface area contributed by atoms with E-state index in [2.05, 4.69) is 4.74 Å². The first-order chi connectivity index (χ1) is 10.6. The molecule has 5 heteroatoms. The molecule has 0 atom stereocenters. The first kappa shape index (κ1) is 18.0. The fourth-order valence-corrected chi connectivity index (χ4v) is 1.88. The number of rotatable bonds is 11. The summed E-state index contributed by atoms with van der Waals surface area (Å²) in [6.45, 7) is 0.768. The third-order valence-electron chi connectivity index (χ3n) is 3.10. The Hall–Kier alpha value is -2.01. The number of carbonyl (C=O) groups excluding carboxylic acids is 3. The highest BCUT2D eigenvalue weighted by atomic mass is 16.5. The van der Waals surface area contributed by atoms with Gasteiger partial charge in [-0.05, 0) is 12.0 Å². The van der Waals surface area contributed by atoms with E-state index in [-0.39, 0.29) is 43.2 Å². The average molecular weight is 306 g/mol. The van der Waals surface area contributed by atoms with Gasteiger partial charge in [0.05, 0.1) is 26.7 Å². The van der Waals surface area contributed by atoms with Crippen LogP contribution in [-0.2, 0) is 30.5 Å². The maximum absolute atomic E-state index is 11.6. The molecule has 0 heterocycles. The Morgan fingerprint density at radius 3 is 2.32 bits per heavy atom. The molecule has 0 bridgehead atoms. The molecule has 0 saturated heterocycles. The van der Waals surface area contributed by atoms with Crippen LogP contribution in [0.4, 0.5) is 0 Å². The molecule has 0 aliphatic heterocycles. The van der Waals surface area contributed by atoms with Gasteiger partial charge in [0.15, 0.2) is 0 Å². The molecule has 5 nitrogen and oxygen atoms in total. The van der Waals surface area contributed by atoms with E-state index in [1.54, 1.807) is 0 Å².